The summed E-state index contributed by atoms with van der Waals surface area (Å²) in [6, 6.07) is 5.45. The molecule has 0 aliphatic heterocycles. The van der Waals surface area contributed by atoms with Gasteiger partial charge in [0, 0.05) is 0 Å². The molecule has 0 spiro atoms. The van der Waals surface area contributed by atoms with Crippen LogP contribution in [0.5, 0.6) is 0 Å². The minimum Gasteiger partial charge on any atom is -0.267 e. The molecule has 0 bridgehead atoms. The quantitative estimate of drug-likeness (QED) is 0.735. The molecular formula is C13H21NO5S2. The van der Waals surface area contributed by atoms with E-state index in [9.17, 15) is 16.8 Å². The summed E-state index contributed by atoms with van der Waals surface area (Å²) >= 11 is 0. The third-order valence-corrected chi connectivity index (χ3v) is 4.66. The largest absolute Gasteiger partial charge is 0.267 e. The van der Waals surface area contributed by atoms with E-state index in [2.05, 4.69) is 0 Å². The van der Waals surface area contributed by atoms with Crippen molar-refractivity contribution in [2.45, 2.75) is 26.9 Å². The Morgan fingerprint density at radius 2 is 1.57 bits per heavy atom. The van der Waals surface area contributed by atoms with Gasteiger partial charge in [0.25, 0.3) is 10.1 Å². The molecule has 0 aliphatic carbocycles. The fraction of sp³-hybridized carbons (Fsp3) is 0.538. The van der Waals surface area contributed by atoms with Crippen LogP contribution in [0.1, 0.15) is 18.1 Å². The molecule has 0 radical (unpaired) electrons. The third-order valence-electron chi connectivity index (χ3n) is 2.85. The molecule has 0 N–H and O–H groups in total. The molecule has 0 aliphatic rings. The van der Waals surface area contributed by atoms with Crippen molar-refractivity contribution < 1.29 is 21.0 Å². The molecule has 0 fully saturated rings. The lowest BCUT2D eigenvalue weighted by molar-refractivity contribution is 0.240. The van der Waals surface area contributed by atoms with Gasteiger partial charge in [-0.25, -0.2) is 8.42 Å². The lowest BCUT2D eigenvalue weighted by Crippen LogP contribution is -2.38. The number of para-hydroxylation sites is 1. The van der Waals surface area contributed by atoms with Crippen LogP contribution in [0.2, 0.25) is 0 Å². The number of nitrogens with zero attached hydrogens (tertiary/aromatic N) is 1. The van der Waals surface area contributed by atoms with Gasteiger partial charge in [0.05, 0.1) is 30.8 Å². The fourth-order valence-corrected chi connectivity index (χ4v) is 3.91. The first-order valence-corrected chi connectivity index (χ1v) is 10.0. The Kier molecular flexibility index (Phi) is 5.40. The van der Waals surface area contributed by atoms with E-state index in [1.807, 2.05) is 32.0 Å². The maximum atomic E-state index is 12.1. The van der Waals surface area contributed by atoms with Crippen LogP contribution < -0.4 is 4.31 Å². The maximum Gasteiger partial charge on any atom is 0.264 e. The van der Waals surface area contributed by atoms with Crippen LogP contribution in [-0.2, 0) is 24.3 Å². The van der Waals surface area contributed by atoms with E-state index in [1.165, 1.54) is 11.2 Å². The van der Waals surface area contributed by atoms with Gasteiger partial charge < -0.3 is 0 Å². The van der Waals surface area contributed by atoms with Crippen LogP contribution in [-0.4, -0.2) is 42.0 Å². The fourth-order valence-electron chi connectivity index (χ4n) is 2.15. The van der Waals surface area contributed by atoms with Crippen molar-refractivity contribution in [1.82, 2.24) is 0 Å². The number of anilines is 1. The molecule has 8 heteroatoms. The minimum absolute atomic E-state index is 0.0718. The van der Waals surface area contributed by atoms with Crippen LogP contribution in [0, 0.1) is 13.8 Å². The van der Waals surface area contributed by atoms with Gasteiger partial charge in [0.15, 0.2) is 0 Å². The molecule has 1 aromatic rings. The Morgan fingerprint density at radius 3 is 1.95 bits per heavy atom. The van der Waals surface area contributed by atoms with E-state index in [4.69, 9.17) is 4.18 Å². The highest BCUT2D eigenvalue weighted by molar-refractivity contribution is 7.92. The first-order chi connectivity index (χ1) is 9.42. The Labute approximate surface area is 126 Å². The molecule has 0 aromatic heterocycles. The molecule has 0 saturated heterocycles. The van der Waals surface area contributed by atoms with Crippen molar-refractivity contribution >= 4 is 25.8 Å². The average Bonchev–Trinajstić information content (AvgIpc) is 2.23. The highest BCUT2D eigenvalue weighted by Gasteiger charge is 2.24. The third kappa shape index (κ3) is 5.29. The van der Waals surface area contributed by atoms with Gasteiger partial charge in [-0.05, 0) is 31.9 Å². The number of sulfonamides is 1. The smallest absolute Gasteiger partial charge is 0.264 e. The summed E-state index contributed by atoms with van der Waals surface area (Å²) in [5.41, 5.74) is 2.16. The van der Waals surface area contributed by atoms with E-state index in [-0.39, 0.29) is 6.54 Å². The maximum absolute atomic E-state index is 12.1. The monoisotopic (exact) mass is 335 g/mol. The van der Waals surface area contributed by atoms with Gasteiger partial charge in [-0.1, -0.05) is 18.2 Å². The number of benzene rings is 1. The molecule has 0 amide bonds. The molecular weight excluding hydrogens is 314 g/mol. The Morgan fingerprint density at radius 1 is 1.10 bits per heavy atom. The lowest BCUT2D eigenvalue weighted by atomic mass is 10.1. The Balaban J connectivity index is 3.21. The summed E-state index contributed by atoms with van der Waals surface area (Å²) in [4.78, 5) is 0. The molecule has 1 unspecified atom stereocenters. The zero-order chi connectivity index (χ0) is 16.4. The summed E-state index contributed by atoms with van der Waals surface area (Å²) in [6.45, 7) is 5.07. The van der Waals surface area contributed by atoms with Crippen molar-refractivity contribution in [2.75, 3.05) is 23.4 Å². The van der Waals surface area contributed by atoms with Crippen LogP contribution in [0.3, 0.4) is 0 Å². The highest BCUT2D eigenvalue weighted by Crippen LogP contribution is 2.27. The zero-order valence-electron chi connectivity index (χ0n) is 12.8. The predicted octanol–water partition coefficient (Wildman–Crippen LogP) is 1.43. The number of hydrogen-bond acceptors (Lipinski definition) is 5. The zero-order valence-corrected chi connectivity index (χ0v) is 14.5. The van der Waals surface area contributed by atoms with Gasteiger partial charge in [-0.3, -0.25) is 8.49 Å². The molecule has 6 nitrogen and oxygen atoms in total. The van der Waals surface area contributed by atoms with Crippen LogP contribution in [0.25, 0.3) is 0 Å². The van der Waals surface area contributed by atoms with Gasteiger partial charge in [-0.15, -0.1) is 0 Å². The van der Waals surface area contributed by atoms with Gasteiger partial charge in [0.2, 0.25) is 10.0 Å². The number of rotatable bonds is 6. The Bertz CT molecular complexity index is 690. The van der Waals surface area contributed by atoms with Crippen molar-refractivity contribution in [1.29, 1.82) is 0 Å². The van der Waals surface area contributed by atoms with Gasteiger partial charge in [0.1, 0.15) is 0 Å². The standard InChI is InChI=1S/C13H21NO5S2/c1-10-7-6-8-11(2)13(10)14(20(4,15)16)9-12(3)19-21(5,17)18/h6-8,12H,9H2,1-5H3. The van der Waals surface area contributed by atoms with E-state index >= 15 is 0 Å². The van der Waals surface area contributed by atoms with Gasteiger partial charge >= 0.3 is 0 Å². The normalized spacial score (nSPS) is 14.0. The van der Waals surface area contributed by atoms with Crippen LogP contribution in [0.4, 0.5) is 5.69 Å². The molecule has 1 aromatic carbocycles. The number of hydrogen-bond donors (Lipinski definition) is 0. The highest BCUT2D eigenvalue weighted by atomic mass is 32.2. The lowest BCUT2D eigenvalue weighted by Gasteiger charge is -2.28. The molecule has 120 valence electrons. The van der Waals surface area contributed by atoms with E-state index in [1.54, 1.807) is 0 Å². The second-order valence-corrected chi connectivity index (χ2v) is 8.65. The van der Waals surface area contributed by atoms with Crippen molar-refractivity contribution in [3.05, 3.63) is 29.3 Å². The summed E-state index contributed by atoms with van der Waals surface area (Å²) in [5.74, 6) is 0. The summed E-state index contributed by atoms with van der Waals surface area (Å²) in [7, 11) is -7.19. The first-order valence-electron chi connectivity index (χ1n) is 6.34. The van der Waals surface area contributed by atoms with Gasteiger partial charge in [-0.2, -0.15) is 8.42 Å². The van der Waals surface area contributed by atoms with Crippen molar-refractivity contribution in [3.63, 3.8) is 0 Å². The van der Waals surface area contributed by atoms with Crippen molar-refractivity contribution in [3.8, 4) is 0 Å². The second kappa shape index (κ2) is 6.33. The molecule has 1 atom stereocenters. The first kappa shape index (κ1) is 17.9. The van der Waals surface area contributed by atoms with Crippen LogP contribution in [0.15, 0.2) is 18.2 Å². The van der Waals surface area contributed by atoms with Crippen LogP contribution >= 0.6 is 0 Å². The molecule has 1 rings (SSSR count). The molecule has 0 saturated carbocycles. The summed E-state index contributed by atoms with van der Waals surface area (Å²) in [5, 5.41) is 0. The van der Waals surface area contributed by atoms with Crippen molar-refractivity contribution in [2.24, 2.45) is 0 Å². The SMILES string of the molecule is Cc1cccc(C)c1N(CC(C)OS(C)(=O)=O)S(C)(=O)=O. The average molecular weight is 335 g/mol. The topological polar surface area (TPSA) is 80.8 Å². The summed E-state index contributed by atoms with van der Waals surface area (Å²) in [6.07, 6.45) is 1.24. The minimum atomic E-state index is -3.64. The predicted molar refractivity (Wildman–Crippen MR) is 83.5 cm³/mol. The Hall–Kier alpha value is -1.12. The van der Waals surface area contributed by atoms with E-state index < -0.39 is 26.2 Å². The number of aryl methyl sites for hydroxylation is 2. The summed E-state index contributed by atoms with van der Waals surface area (Å²) < 4.78 is 52.4. The molecule has 21 heavy (non-hydrogen) atoms. The molecule has 0 heterocycles. The second-order valence-electron chi connectivity index (χ2n) is 5.15. The van der Waals surface area contributed by atoms with E-state index in [0.29, 0.717) is 5.69 Å². The van der Waals surface area contributed by atoms with E-state index in [0.717, 1.165) is 23.6 Å².